The number of imidazole rings is 1. The molecule has 1 aromatic heterocycles. The second kappa shape index (κ2) is 6.51. The lowest BCUT2D eigenvalue weighted by Gasteiger charge is -2.04. The molecule has 0 fully saturated rings. The van der Waals surface area contributed by atoms with Crippen LogP contribution in [0.2, 0.25) is 0 Å². The van der Waals surface area contributed by atoms with Gasteiger partial charge in [-0.25, -0.2) is 8.42 Å². The van der Waals surface area contributed by atoms with Gasteiger partial charge in [0.25, 0.3) is 21.5 Å². The van der Waals surface area contributed by atoms with Crippen molar-refractivity contribution in [2.75, 3.05) is 0 Å². The fourth-order valence-corrected chi connectivity index (χ4v) is 3.27. The van der Waals surface area contributed by atoms with Crippen molar-refractivity contribution in [2.24, 2.45) is 0 Å². The summed E-state index contributed by atoms with van der Waals surface area (Å²) in [7, 11) is -3.76. The molecule has 0 N–H and O–H groups in total. The second-order valence-electron chi connectivity index (χ2n) is 3.58. The predicted molar refractivity (Wildman–Crippen MR) is 78.5 cm³/mol. The number of aromatic nitrogens is 2. The van der Waals surface area contributed by atoms with Gasteiger partial charge >= 0.3 is 5.16 Å². The van der Waals surface area contributed by atoms with Crippen molar-refractivity contribution in [1.82, 2.24) is 9.55 Å². The number of nitrogens with zero attached hydrogens (tertiary/aromatic N) is 4. The van der Waals surface area contributed by atoms with Crippen molar-refractivity contribution >= 4 is 53.3 Å². The Bertz CT molecular complexity index is 652. The van der Waals surface area contributed by atoms with E-state index in [1.807, 2.05) is 6.92 Å². The zero-order chi connectivity index (χ0) is 14.6. The molecule has 9 heteroatoms. The van der Waals surface area contributed by atoms with Gasteiger partial charge in [-0.2, -0.15) is 0 Å². The Hall–Kier alpha value is -0.900. The number of rotatable bonds is 5. The van der Waals surface area contributed by atoms with E-state index in [9.17, 15) is 8.42 Å². The molecule has 0 atom stereocenters. The van der Waals surface area contributed by atoms with Crippen LogP contribution in [0.1, 0.15) is 19.8 Å². The quantitative estimate of drug-likeness (QED) is 0.551. The van der Waals surface area contributed by atoms with Crippen LogP contribution in [-0.2, 0) is 16.4 Å². The van der Waals surface area contributed by atoms with Crippen molar-refractivity contribution in [2.45, 2.75) is 34.5 Å². The Balaban J connectivity index is 3.53. The van der Waals surface area contributed by atoms with Crippen LogP contribution >= 0.6 is 31.9 Å². The Morgan fingerprint density at radius 2 is 2.00 bits per heavy atom. The minimum atomic E-state index is -3.76. The van der Waals surface area contributed by atoms with Gasteiger partial charge in [-0.3, -0.25) is 4.57 Å². The van der Waals surface area contributed by atoms with E-state index in [2.05, 4.69) is 46.5 Å². The Morgan fingerprint density at radius 3 is 2.42 bits per heavy atom. The molecule has 102 valence electrons. The predicted octanol–water partition coefficient (Wildman–Crippen LogP) is 3.63. The van der Waals surface area contributed by atoms with Gasteiger partial charge < -0.3 is 9.69 Å². The van der Waals surface area contributed by atoms with Crippen molar-refractivity contribution in [1.29, 1.82) is 0 Å². The summed E-state index contributed by atoms with van der Waals surface area (Å²) in [6.07, 6.45) is 1.54. The maximum Gasteiger partial charge on any atom is 0.391 e. The molecule has 0 saturated heterocycles. The van der Waals surface area contributed by atoms with Crippen LogP contribution in [0, 0.1) is 13.1 Å². The third-order valence-electron chi connectivity index (χ3n) is 2.32. The lowest BCUT2D eigenvalue weighted by Crippen LogP contribution is -2.15. The smallest absolute Gasteiger partial charge is 0.373 e. The first-order chi connectivity index (χ1) is 8.89. The Labute approximate surface area is 128 Å². The highest BCUT2D eigenvalue weighted by Gasteiger charge is 2.37. The summed E-state index contributed by atoms with van der Waals surface area (Å²) in [5.74, 6) is -0.201. The lowest BCUT2D eigenvalue weighted by atomic mass is 10.3. The van der Waals surface area contributed by atoms with Gasteiger partial charge in [0.15, 0.2) is 3.07 Å². The highest BCUT2D eigenvalue weighted by atomic mass is 79.9. The Morgan fingerprint density at radius 1 is 1.37 bits per heavy atom. The van der Waals surface area contributed by atoms with E-state index in [0.29, 0.717) is 13.0 Å². The highest BCUT2D eigenvalue weighted by Crippen LogP contribution is 2.34. The summed E-state index contributed by atoms with van der Waals surface area (Å²) in [6, 6.07) is 0. The fraction of sp³-hybridized carbons (Fsp3) is 0.500. The van der Waals surface area contributed by atoms with Gasteiger partial charge in [-0.15, -0.1) is 0 Å². The summed E-state index contributed by atoms with van der Waals surface area (Å²) in [5.41, 5.74) is 0. The molecule has 0 aromatic carbocycles. The number of unbranched alkanes of at least 4 members (excludes halogenated alkanes) is 1. The molecule has 1 heterocycles. The molecule has 0 radical (unpaired) electrons. The number of hydrogen-bond donors (Lipinski definition) is 0. The third kappa shape index (κ3) is 3.16. The molecule has 0 aliphatic rings. The maximum atomic E-state index is 12.1. The summed E-state index contributed by atoms with van der Waals surface area (Å²) in [6.45, 7) is 16.4. The number of alkyl halides is 2. The average molecular weight is 410 g/mol. The van der Waals surface area contributed by atoms with E-state index in [1.54, 1.807) is 0 Å². The van der Waals surface area contributed by atoms with Crippen molar-refractivity contribution in [3.63, 3.8) is 0 Å². The van der Waals surface area contributed by atoms with E-state index in [4.69, 9.17) is 13.1 Å². The standard InChI is InChI=1S/C10H10Br2N4O2S/c1-4-5-6-16-8(14-3)7(13-2)15-10(16)19(17,18)9(11)12/h9H,4-6H2,1H3. The average Bonchev–Trinajstić information content (AvgIpc) is 2.74. The maximum absolute atomic E-state index is 12.1. The molecule has 0 aliphatic carbocycles. The molecule has 1 aromatic rings. The van der Waals surface area contributed by atoms with Gasteiger partial charge in [0.1, 0.15) is 0 Å². The largest absolute Gasteiger partial charge is 0.391 e. The molecular weight excluding hydrogens is 400 g/mol. The van der Waals surface area contributed by atoms with Gasteiger partial charge in [-0.1, -0.05) is 63.3 Å². The second-order valence-corrected chi connectivity index (χ2v) is 9.77. The van der Waals surface area contributed by atoms with Crippen molar-refractivity contribution in [3.05, 3.63) is 22.8 Å². The van der Waals surface area contributed by atoms with Crippen molar-refractivity contribution < 1.29 is 8.42 Å². The number of sulfone groups is 1. The van der Waals surface area contributed by atoms with Crippen LogP contribution in [0.25, 0.3) is 9.69 Å². The van der Waals surface area contributed by atoms with Crippen molar-refractivity contribution in [3.8, 4) is 0 Å². The number of hydrogen-bond acceptors (Lipinski definition) is 3. The fourth-order valence-electron chi connectivity index (χ4n) is 1.41. The van der Waals surface area contributed by atoms with Crippen LogP contribution in [0.3, 0.4) is 0 Å². The summed E-state index contributed by atoms with van der Waals surface area (Å²) in [4.78, 5) is 10.1. The van der Waals surface area contributed by atoms with E-state index in [1.165, 1.54) is 4.57 Å². The first-order valence-corrected chi connectivity index (χ1v) is 8.65. The molecule has 0 bridgehead atoms. The monoisotopic (exact) mass is 408 g/mol. The van der Waals surface area contributed by atoms with E-state index < -0.39 is 12.9 Å². The molecule has 0 spiro atoms. The minimum absolute atomic E-state index is 0.0253. The van der Waals surface area contributed by atoms with Gasteiger partial charge in [0.05, 0.1) is 6.54 Å². The van der Waals surface area contributed by atoms with E-state index in [0.717, 1.165) is 6.42 Å². The number of halogens is 2. The van der Waals surface area contributed by atoms with E-state index in [-0.39, 0.29) is 16.8 Å². The molecule has 0 aliphatic heterocycles. The van der Waals surface area contributed by atoms with Crippen LogP contribution in [0.4, 0.5) is 11.6 Å². The normalized spacial score (nSPS) is 11.3. The lowest BCUT2D eigenvalue weighted by molar-refractivity contribution is 0.552. The van der Waals surface area contributed by atoms with Crippen LogP contribution in [-0.4, -0.2) is 21.0 Å². The SMILES string of the molecule is [C-]#[N+]c1nc(S(=O)(=O)C(Br)Br)n(CCCC)c1[N+]#[C-]. The van der Waals surface area contributed by atoms with Gasteiger partial charge in [-0.05, 0) is 6.42 Å². The molecule has 1 rings (SSSR count). The minimum Gasteiger partial charge on any atom is -0.373 e. The molecule has 19 heavy (non-hydrogen) atoms. The summed E-state index contributed by atoms with van der Waals surface area (Å²) >= 11 is 5.87. The summed E-state index contributed by atoms with van der Waals surface area (Å²) in [5, 5.41) is -0.253. The third-order valence-corrected chi connectivity index (χ3v) is 6.57. The van der Waals surface area contributed by atoms with Gasteiger partial charge in [0, 0.05) is 0 Å². The molecule has 0 saturated carbocycles. The van der Waals surface area contributed by atoms with Gasteiger partial charge in [0.2, 0.25) is 0 Å². The summed E-state index contributed by atoms with van der Waals surface area (Å²) < 4.78 is 24.6. The first-order valence-electron chi connectivity index (χ1n) is 5.27. The first kappa shape index (κ1) is 16.2. The van der Waals surface area contributed by atoms with Crippen LogP contribution < -0.4 is 0 Å². The highest BCUT2D eigenvalue weighted by molar-refractivity contribution is 9.27. The topological polar surface area (TPSA) is 60.7 Å². The molecule has 0 unspecified atom stereocenters. The molecule has 6 nitrogen and oxygen atoms in total. The van der Waals surface area contributed by atoms with Crippen LogP contribution in [0.5, 0.6) is 0 Å². The Kier molecular flexibility index (Phi) is 5.53. The zero-order valence-electron chi connectivity index (χ0n) is 9.97. The zero-order valence-corrected chi connectivity index (χ0v) is 14.0. The van der Waals surface area contributed by atoms with Crippen LogP contribution in [0.15, 0.2) is 5.16 Å². The van der Waals surface area contributed by atoms with E-state index >= 15 is 0 Å². The molecular formula is C10H10Br2N4O2S. The molecule has 0 amide bonds.